The Bertz CT molecular complexity index is 1140. The van der Waals surface area contributed by atoms with E-state index in [1.54, 1.807) is 12.2 Å². The molecule has 0 radical (unpaired) electrons. The van der Waals surface area contributed by atoms with Gasteiger partial charge in [0.15, 0.2) is 0 Å². The molecular formula is C36H38O4. The summed E-state index contributed by atoms with van der Waals surface area (Å²) in [5.74, 6) is 0. The Morgan fingerprint density at radius 3 is 0.900 bits per heavy atom. The number of hydrogen-bond acceptors (Lipinski definition) is 4. The van der Waals surface area contributed by atoms with Gasteiger partial charge in [0.1, 0.15) is 24.4 Å². The van der Waals surface area contributed by atoms with Gasteiger partial charge in [0, 0.05) is 0 Å². The molecule has 0 fully saturated rings. The highest BCUT2D eigenvalue weighted by Gasteiger charge is 2.36. The monoisotopic (exact) mass is 534 g/mol. The molecule has 0 saturated carbocycles. The Morgan fingerprint density at radius 1 is 0.400 bits per heavy atom. The molecule has 0 bridgehead atoms. The van der Waals surface area contributed by atoms with Crippen LogP contribution in [0.2, 0.25) is 0 Å². The molecule has 0 unspecified atom stereocenters. The Kier molecular flexibility index (Phi) is 11.9. The first-order valence-electron chi connectivity index (χ1n) is 13.6. The second kappa shape index (κ2) is 16.3. The van der Waals surface area contributed by atoms with Crippen molar-refractivity contribution in [1.29, 1.82) is 0 Å². The minimum absolute atomic E-state index is 0.387. The molecule has 0 heterocycles. The molecule has 0 aromatic heterocycles. The highest BCUT2D eigenvalue weighted by atomic mass is 16.6. The lowest BCUT2D eigenvalue weighted by molar-refractivity contribution is -0.172. The van der Waals surface area contributed by atoms with Gasteiger partial charge in [-0.3, -0.25) is 0 Å². The fourth-order valence-electron chi connectivity index (χ4n) is 4.41. The van der Waals surface area contributed by atoms with E-state index < -0.39 is 24.4 Å². The zero-order chi connectivity index (χ0) is 27.8. The predicted octanol–water partition coefficient (Wildman–Crippen LogP) is 7.70. The molecule has 206 valence electrons. The van der Waals surface area contributed by atoms with Gasteiger partial charge >= 0.3 is 0 Å². The molecule has 4 atom stereocenters. The van der Waals surface area contributed by atoms with Gasteiger partial charge in [-0.2, -0.15) is 0 Å². The third kappa shape index (κ3) is 9.15. The fourth-order valence-corrected chi connectivity index (χ4v) is 4.41. The van der Waals surface area contributed by atoms with E-state index in [2.05, 4.69) is 13.2 Å². The summed E-state index contributed by atoms with van der Waals surface area (Å²) in [5, 5.41) is 0. The lowest BCUT2D eigenvalue weighted by atomic mass is 10.0. The highest BCUT2D eigenvalue weighted by molar-refractivity contribution is 5.17. The van der Waals surface area contributed by atoms with E-state index in [9.17, 15) is 0 Å². The van der Waals surface area contributed by atoms with Gasteiger partial charge in [0.25, 0.3) is 0 Å². The lowest BCUT2D eigenvalue weighted by Crippen LogP contribution is -2.48. The van der Waals surface area contributed by atoms with Crippen LogP contribution in [0.4, 0.5) is 0 Å². The zero-order valence-electron chi connectivity index (χ0n) is 22.9. The van der Waals surface area contributed by atoms with E-state index in [0.717, 1.165) is 22.3 Å². The van der Waals surface area contributed by atoms with Crippen LogP contribution in [0.3, 0.4) is 0 Å². The average molecular weight is 535 g/mol. The fraction of sp³-hybridized carbons (Fsp3) is 0.222. The van der Waals surface area contributed by atoms with Crippen LogP contribution >= 0.6 is 0 Å². The van der Waals surface area contributed by atoms with Gasteiger partial charge in [-0.25, -0.2) is 0 Å². The zero-order valence-corrected chi connectivity index (χ0v) is 22.9. The third-order valence-electron chi connectivity index (χ3n) is 6.58. The molecule has 0 aliphatic heterocycles. The van der Waals surface area contributed by atoms with Crippen molar-refractivity contribution in [2.45, 2.75) is 50.8 Å². The Balaban J connectivity index is 1.60. The topological polar surface area (TPSA) is 36.9 Å². The van der Waals surface area contributed by atoms with Crippen LogP contribution in [0.1, 0.15) is 22.3 Å². The lowest BCUT2D eigenvalue weighted by Gasteiger charge is -2.36. The van der Waals surface area contributed by atoms with Gasteiger partial charge in [-0.1, -0.05) is 133 Å². The molecule has 0 aliphatic carbocycles. The first-order valence-corrected chi connectivity index (χ1v) is 13.6. The van der Waals surface area contributed by atoms with E-state index in [1.165, 1.54) is 0 Å². The third-order valence-corrected chi connectivity index (χ3v) is 6.58. The Morgan fingerprint density at radius 2 is 0.650 bits per heavy atom. The number of rotatable bonds is 17. The molecule has 4 aromatic carbocycles. The van der Waals surface area contributed by atoms with E-state index in [-0.39, 0.29) is 0 Å². The quantitative estimate of drug-likeness (QED) is 0.130. The molecule has 4 heteroatoms. The van der Waals surface area contributed by atoms with E-state index in [4.69, 9.17) is 18.9 Å². The highest BCUT2D eigenvalue weighted by Crippen LogP contribution is 2.24. The second-order valence-electron chi connectivity index (χ2n) is 9.52. The summed E-state index contributed by atoms with van der Waals surface area (Å²) in [6, 6.07) is 40.3. The summed E-state index contributed by atoms with van der Waals surface area (Å²) in [4.78, 5) is 0. The van der Waals surface area contributed by atoms with Crippen molar-refractivity contribution in [3.05, 3.63) is 169 Å². The van der Waals surface area contributed by atoms with Crippen LogP contribution in [0.15, 0.2) is 147 Å². The summed E-state index contributed by atoms with van der Waals surface area (Å²) in [6.45, 7) is 9.81. The maximum absolute atomic E-state index is 6.61. The van der Waals surface area contributed by atoms with Gasteiger partial charge in [0.05, 0.1) is 26.4 Å². The van der Waals surface area contributed by atoms with Crippen molar-refractivity contribution in [2.24, 2.45) is 0 Å². The minimum Gasteiger partial charge on any atom is -0.368 e. The normalized spacial score (nSPS) is 14.1. The summed E-state index contributed by atoms with van der Waals surface area (Å²) >= 11 is 0. The van der Waals surface area contributed by atoms with Crippen LogP contribution in [-0.2, 0) is 45.4 Å². The van der Waals surface area contributed by atoms with E-state index in [1.807, 2.05) is 121 Å². The molecule has 0 N–H and O–H groups in total. The largest absolute Gasteiger partial charge is 0.368 e. The van der Waals surface area contributed by atoms with Gasteiger partial charge in [0.2, 0.25) is 0 Å². The van der Waals surface area contributed by atoms with Crippen molar-refractivity contribution < 1.29 is 18.9 Å². The first-order chi connectivity index (χ1) is 19.8. The second-order valence-corrected chi connectivity index (χ2v) is 9.52. The van der Waals surface area contributed by atoms with Crippen molar-refractivity contribution in [2.75, 3.05) is 0 Å². The summed E-state index contributed by atoms with van der Waals surface area (Å²) in [5.41, 5.74) is 4.25. The number of hydrogen-bond donors (Lipinski definition) is 0. The molecule has 0 aliphatic rings. The van der Waals surface area contributed by atoms with Crippen LogP contribution in [-0.4, -0.2) is 24.4 Å². The first kappa shape index (κ1) is 29.2. The van der Waals surface area contributed by atoms with Crippen LogP contribution < -0.4 is 0 Å². The maximum atomic E-state index is 6.61. The van der Waals surface area contributed by atoms with Crippen molar-refractivity contribution >= 4 is 0 Å². The van der Waals surface area contributed by atoms with Gasteiger partial charge < -0.3 is 18.9 Å². The van der Waals surface area contributed by atoms with Gasteiger partial charge in [-0.15, -0.1) is 13.2 Å². The smallest absolute Gasteiger partial charge is 0.117 e. The number of benzene rings is 4. The molecule has 0 spiro atoms. The molecule has 0 saturated heterocycles. The Labute approximate surface area is 238 Å². The van der Waals surface area contributed by atoms with Crippen molar-refractivity contribution in [3.63, 3.8) is 0 Å². The number of ether oxygens (including phenoxy) is 4. The standard InChI is InChI=1S/C36H38O4/c1-3-33(37-25-29-17-9-5-10-18-29)35(39-27-31-21-13-7-14-22-31)36(40-28-32-23-15-8-16-24-32)34(4-2)38-26-30-19-11-6-12-20-30/h3-24,33-36H,1-2,25-28H2/t33-,34+,35-,36-/m1/s1. The van der Waals surface area contributed by atoms with Crippen LogP contribution in [0.25, 0.3) is 0 Å². The minimum atomic E-state index is -0.524. The maximum Gasteiger partial charge on any atom is 0.117 e. The van der Waals surface area contributed by atoms with Crippen molar-refractivity contribution in [3.8, 4) is 0 Å². The molecule has 0 amide bonds. The summed E-state index contributed by atoms with van der Waals surface area (Å²) in [6.07, 6.45) is 1.59. The molecule has 4 nitrogen and oxygen atoms in total. The van der Waals surface area contributed by atoms with Crippen LogP contribution in [0, 0.1) is 0 Å². The predicted molar refractivity (Wildman–Crippen MR) is 160 cm³/mol. The molecule has 40 heavy (non-hydrogen) atoms. The summed E-state index contributed by atoms with van der Waals surface area (Å²) < 4.78 is 26.0. The average Bonchev–Trinajstić information content (AvgIpc) is 3.02. The molecular weight excluding hydrogens is 496 g/mol. The summed E-state index contributed by atoms with van der Waals surface area (Å²) in [7, 11) is 0. The Hall–Kier alpha value is -3.80. The van der Waals surface area contributed by atoms with E-state index in [0.29, 0.717) is 26.4 Å². The van der Waals surface area contributed by atoms with Gasteiger partial charge in [-0.05, 0) is 22.3 Å². The van der Waals surface area contributed by atoms with E-state index >= 15 is 0 Å². The van der Waals surface area contributed by atoms with Crippen LogP contribution in [0.5, 0.6) is 0 Å². The SMILES string of the molecule is C=C[C@H](OCc1ccccc1)[C@@H](OCc1ccccc1)[C@H](OCc1ccccc1)[C@@H](C=C)OCc1ccccc1. The molecule has 4 rings (SSSR count). The van der Waals surface area contributed by atoms with Crippen molar-refractivity contribution in [1.82, 2.24) is 0 Å². The molecule has 4 aromatic rings.